The molecule has 1 heterocycles. The fourth-order valence-corrected chi connectivity index (χ4v) is 3.96. The molecule has 0 bridgehead atoms. The number of aromatic nitrogens is 2. The van der Waals surface area contributed by atoms with Gasteiger partial charge in [0.2, 0.25) is 0 Å². The third-order valence-corrected chi connectivity index (χ3v) is 5.69. The van der Waals surface area contributed by atoms with Crippen LogP contribution in [0.5, 0.6) is 5.75 Å². The van der Waals surface area contributed by atoms with Gasteiger partial charge in [-0.1, -0.05) is 67.8 Å². The molecule has 0 aliphatic heterocycles. The van der Waals surface area contributed by atoms with Crippen LogP contribution in [0, 0.1) is 0 Å². The molecule has 170 valence electrons. The number of ether oxygens (including phenoxy) is 2. The number of carbonyl (C=O) groups is 1. The zero-order valence-corrected chi connectivity index (χ0v) is 19.1. The van der Waals surface area contributed by atoms with E-state index in [2.05, 4.69) is 39.6 Å². The highest BCUT2D eigenvalue weighted by Gasteiger charge is 2.15. The van der Waals surface area contributed by atoms with E-state index >= 15 is 0 Å². The maximum atomic E-state index is 11.1. The first-order valence-corrected chi connectivity index (χ1v) is 11.6. The average molecular weight is 443 g/mol. The van der Waals surface area contributed by atoms with Gasteiger partial charge < -0.3 is 9.47 Å². The summed E-state index contributed by atoms with van der Waals surface area (Å²) in [6, 6.07) is 26.7. The summed E-state index contributed by atoms with van der Waals surface area (Å²) in [4.78, 5) is 16.1. The lowest BCUT2D eigenvalue weighted by molar-refractivity contribution is -0.140. The van der Waals surface area contributed by atoms with Gasteiger partial charge >= 0.3 is 5.97 Å². The molecule has 0 atom stereocenters. The van der Waals surface area contributed by atoms with Crippen LogP contribution in [0.4, 0.5) is 0 Å². The number of nitrogens with zero attached hydrogens (tertiary/aromatic N) is 2. The number of hydrogen-bond acceptors (Lipinski definition) is 4. The van der Waals surface area contributed by atoms with Crippen LogP contribution in [0.3, 0.4) is 0 Å². The number of esters is 1. The van der Waals surface area contributed by atoms with Crippen molar-refractivity contribution in [1.29, 1.82) is 0 Å². The largest absolute Gasteiger partial charge is 0.494 e. The first-order valence-electron chi connectivity index (χ1n) is 11.6. The van der Waals surface area contributed by atoms with Gasteiger partial charge in [0.25, 0.3) is 0 Å². The van der Waals surface area contributed by atoms with E-state index in [9.17, 15) is 4.79 Å². The zero-order valence-electron chi connectivity index (χ0n) is 19.1. The molecule has 0 unspecified atom stereocenters. The van der Waals surface area contributed by atoms with Crippen LogP contribution in [0.15, 0.2) is 78.9 Å². The first kappa shape index (κ1) is 22.6. The van der Waals surface area contributed by atoms with E-state index in [1.165, 1.54) is 7.11 Å². The van der Waals surface area contributed by atoms with Gasteiger partial charge in [-0.15, -0.1) is 0 Å². The standard InChI is InChI=1S/C28H30N2O3/c1-32-27(31)17-11-3-2-4-12-20-33-24-18-19-25-26(21-24)30(23-15-9-6-10-16-23)28(29-25)22-13-7-5-8-14-22/h5-10,13-16,18-19,21H,2-4,11-12,17,20H2,1H3. The molecule has 4 rings (SSSR count). The monoisotopic (exact) mass is 442 g/mol. The lowest BCUT2D eigenvalue weighted by Gasteiger charge is -2.11. The predicted molar refractivity (Wildman–Crippen MR) is 132 cm³/mol. The maximum absolute atomic E-state index is 11.1. The summed E-state index contributed by atoms with van der Waals surface area (Å²) in [5.41, 5.74) is 4.12. The van der Waals surface area contributed by atoms with E-state index in [0.29, 0.717) is 13.0 Å². The Hall–Kier alpha value is -3.60. The Bertz CT molecular complexity index is 1170. The second-order valence-corrected chi connectivity index (χ2v) is 8.07. The van der Waals surface area contributed by atoms with Crippen molar-refractivity contribution in [3.8, 4) is 22.8 Å². The van der Waals surface area contributed by atoms with Crippen LogP contribution < -0.4 is 4.74 Å². The Morgan fingerprint density at radius 2 is 1.55 bits per heavy atom. The van der Waals surface area contributed by atoms with E-state index in [0.717, 1.165) is 66.0 Å². The fourth-order valence-electron chi connectivity index (χ4n) is 3.96. The van der Waals surface area contributed by atoms with E-state index in [1.54, 1.807) is 0 Å². The summed E-state index contributed by atoms with van der Waals surface area (Å²) in [6.07, 6.45) is 5.61. The van der Waals surface area contributed by atoms with Gasteiger partial charge in [-0.25, -0.2) is 4.98 Å². The van der Waals surface area contributed by atoms with E-state index in [4.69, 9.17) is 9.72 Å². The minimum Gasteiger partial charge on any atom is -0.494 e. The highest BCUT2D eigenvalue weighted by molar-refractivity contribution is 5.84. The van der Waals surface area contributed by atoms with Crippen LogP contribution in [0.25, 0.3) is 28.1 Å². The molecular weight excluding hydrogens is 412 g/mol. The van der Waals surface area contributed by atoms with Crippen LogP contribution >= 0.6 is 0 Å². The third kappa shape index (κ3) is 5.80. The lowest BCUT2D eigenvalue weighted by atomic mass is 10.1. The molecule has 0 saturated carbocycles. The van der Waals surface area contributed by atoms with Crippen molar-refractivity contribution in [3.63, 3.8) is 0 Å². The van der Waals surface area contributed by atoms with Crippen molar-refractivity contribution in [2.75, 3.05) is 13.7 Å². The van der Waals surface area contributed by atoms with Gasteiger partial charge in [-0.05, 0) is 37.1 Å². The number of fused-ring (bicyclic) bond motifs is 1. The number of carbonyl (C=O) groups excluding carboxylic acids is 1. The van der Waals surface area contributed by atoms with E-state index < -0.39 is 0 Å². The molecule has 5 nitrogen and oxygen atoms in total. The van der Waals surface area contributed by atoms with Crippen molar-refractivity contribution in [1.82, 2.24) is 9.55 Å². The van der Waals surface area contributed by atoms with E-state index in [-0.39, 0.29) is 5.97 Å². The normalized spacial score (nSPS) is 10.9. The Kier molecular flexibility index (Phi) is 7.75. The van der Waals surface area contributed by atoms with Crippen molar-refractivity contribution < 1.29 is 14.3 Å². The molecule has 0 amide bonds. The minimum atomic E-state index is -0.126. The predicted octanol–water partition coefficient (Wildman–Crippen LogP) is 6.58. The second-order valence-electron chi connectivity index (χ2n) is 8.07. The number of rotatable bonds is 11. The summed E-state index contributed by atoms with van der Waals surface area (Å²) in [5, 5.41) is 0. The molecule has 0 N–H and O–H groups in total. The molecule has 0 aliphatic rings. The lowest BCUT2D eigenvalue weighted by Crippen LogP contribution is -2.00. The Morgan fingerprint density at radius 1 is 0.848 bits per heavy atom. The highest BCUT2D eigenvalue weighted by atomic mass is 16.5. The molecule has 3 aromatic carbocycles. The van der Waals surface area contributed by atoms with Crippen molar-refractivity contribution in [2.24, 2.45) is 0 Å². The molecule has 0 fully saturated rings. The SMILES string of the molecule is COC(=O)CCCCCCCOc1ccc2nc(-c3ccccc3)n(-c3ccccc3)c2c1. The minimum absolute atomic E-state index is 0.126. The van der Waals surface area contributed by atoms with Gasteiger partial charge in [0, 0.05) is 23.7 Å². The molecular formula is C28H30N2O3. The quantitative estimate of drug-likeness (QED) is 0.194. The van der Waals surface area contributed by atoms with Crippen LogP contribution in [0.1, 0.15) is 38.5 Å². The van der Waals surface area contributed by atoms with Gasteiger partial charge in [0.15, 0.2) is 0 Å². The molecule has 33 heavy (non-hydrogen) atoms. The fraction of sp³-hybridized carbons (Fsp3) is 0.286. The second kappa shape index (κ2) is 11.3. The first-order chi connectivity index (χ1) is 16.3. The number of imidazole rings is 1. The number of benzene rings is 3. The van der Waals surface area contributed by atoms with E-state index in [1.807, 2.05) is 48.5 Å². The molecule has 5 heteroatoms. The number of para-hydroxylation sites is 1. The number of hydrogen-bond donors (Lipinski definition) is 0. The van der Waals surface area contributed by atoms with Crippen LogP contribution in [-0.2, 0) is 9.53 Å². The van der Waals surface area contributed by atoms with Gasteiger partial charge in [0.1, 0.15) is 11.6 Å². The van der Waals surface area contributed by atoms with Crippen molar-refractivity contribution in [2.45, 2.75) is 38.5 Å². The summed E-state index contributed by atoms with van der Waals surface area (Å²) in [5.74, 6) is 1.64. The van der Waals surface area contributed by atoms with Crippen molar-refractivity contribution >= 4 is 17.0 Å². The van der Waals surface area contributed by atoms with Crippen molar-refractivity contribution in [3.05, 3.63) is 78.9 Å². The van der Waals surface area contributed by atoms with Gasteiger partial charge in [-0.3, -0.25) is 9.36 Å². The van der Waals surface area contributed by atoms with Gasteiger partial charge in [0.05, 0.1) is 24.8 Å². The van der Waals surface area contributed by atoms with Crippen LogP contribution in [-0.4, -0.2) is 29.2 Å². The number of unbranched alkanes of at least 4 members (excludes halogenated alkanes) is 4. The molecule has 0 spiro atoms. The average Bonchev–Trinajstić information content (AvgIpc) is 3.25. The summed E-state index contributed by atoms with van der Waals surface area (Å²) < 4.78 is 12.9. The summed E-state index contributed by atoms with van der Waals surface area (Å²) >= 11 is 0. The molecule has 0 saturated heterocycles. The van der Waals surface area contributed by atoms with Crippen LogP contribution in [0.2, 0.25) is 0 Å². The molecule has 0 radical (unpaired) electrons. The zero-order chi connectivity index (χ0) is 22.9. The topological polar surface area (TPSA) is 53.4 Å². The maximum Gasteiger partial charge on any atom is 0.305 e. The molecule has 1 aromatic heterocycles. The Morgan fingerprint density at radius 3 is 2.30 bits per heavy atom. The third-order valence-electron chi connectivity index (χ3n) is 5.69. The summed E-state index contributed by atoms with van der Waals surface area (Å²) in [7, 11) is 1.44. The Labute approximate surface area is 195 Å². The Balaban J connectivity index is 1.44. The van der Waals surface area contributed by atoms with Gasteiger partial charge in [-0.2, -0.15) is 0 Å². The number of methoxy groups -OCH3 is 1. The molecule has 0 aliphatic carbocycles. The highest BCUT2D eigenvalue weighted by Crippen LogP contribution is 2.30. The smallest absolute Gasteiger partial charge is 0.305 e. The molecule has 4 aromatic rings. The summed E-state index contributed by atoms with van der Waals surface area (Å²) in [6.45, 7) is 0.674.